The molecule has 2 aromatic heterocycles. The molecule has 3 nitrogen and oxygen atoms in total. The van der Waals surface area contributed by atoms with E-state index in [1.54, 1.807) is 24.2 Å². The second-order valence-corrected chi connectivity index (χ2v) is 4.03. The number of H-pyrrole nitrogens is 1. The summed E-state index contributed by atoms with van der Waals surface area (Å²) in [4.78, 5) is 12.6. The van der Waals surface area contributed by atoms with Crippen LogP contribution in [0, 0.1) is 6.92 Å². The molecule has 0 atom stereocenters. The summed E-state index contributed by atoms with van der Waals surface area (Å²) in [6, 6.07) is 4.00. The van der Waals surface area contributed by atoms with Crippen LogP contribution in [0.15, 0.2) is 35.6 Å². The first-order chi connectivity index (χ1) is 6.84. The van der Waals surface area contributed by atoms with Crippen molar-refractivity contribution < 1.29 is 0 Å². The van der Waals surface area contributed by atoms with E-state index in [0.717, 1.165) is 17.3 Å². The van der Waals surface area contributed by atoms with Crippen LogP contribution in [0.2, 0.25) is 0 Å². The van der Waals surface area contributed by atoms with E-state index in [0.29, 0.717) is 0 Å². The van der Waals surface area contributed by atoms with Crippen molar-refractivity contribution in [1.29, 1.82) is 0 Å². The molecule has 2 rings (SSSR count). The summed E-state index contributed by atoms with van der Waals surface area (Å²) in [6.07, 6.45) is 5.45. The highest BCUT2D eigenvalue weighted by atomic mass is 32.2. The predicted octanol–water partition coefficient (Wildman–Crippen LogP) is 2.41. The number of imidazole rings is 1. The monoisotopic (exact) mass is 205 g/mol. The zero-order valence-corrected chi connectivity index (χ0v) is 8.71. The Morgan fingerprint density at radius 1 is 1.36 bits per heavy atom. The zero-order valence-electron chi connectivity index (χ0n) is 7.90. The number of rotatable bonds is 3. The minimum atomic E-state index is 0.873. The summed E-state index contributed by atoms with van der Waals surface area (Å²) < 4.78 is 0. The maximum Gasteiger partial charge on any atom is 0.116 e. The average molecular weight is 205 g/mol. The summed E-state index contributed by atoms with van der Waals surface area (Å²) in [6.45, 7) is 2.01. The van der Waals surface area contributed by atoms with E-state index in [1.807, 2.05) is 25.3 Å². The van der Waals surface area contributed by atoms with E-state index in [2.05, 4.69) is 15.0 Å². The van der Waals surface area contributed by atoms with Gasteiger partial charge >= 0.3 is 0 Å². The maximum atomic E-state index is 4.24. The lowest BCUT2D eigenvalue weighted by molar-refractivity contribution is 1.10. The van der Waals surface area contributed by atoms with Crippen LogP contribution >= 0.6 is 11.8 Å². The van der Waals surface area contributed by atoms with Crippen molar-refractivity contribution in [3.63, 3.8) is 0 Å². The molecule has 0 spiro atoms. The van der Waals surface area contributed by atoms with E-state index in [1.165, 1.54) is 4.90 Å². The maximum absolute atomic E-state index is 4.24. The van der Waals surface area contributed by atoms with E-state index in [4.69, 9.17) is 0 Å². The van der Waals surface area contributed by atoms with Crippen molar-refractivity contribution in [2.75, 3.05) is 0 Å². The Morgan fingerprint density at radius 2 is 2.14 bits per heavy atom. The van der Waals surface area contributed by atoms with Gasteiger partial charge in [-0.3, -0.25) is 4.98 Å². The summed E-state index contributed by atoms with van der Waals surface area (Å²) in [5, 5.41) is 0. The first-order valence-corrected chi connectivity index (χ1v) is 5.36. The van der Waals surface area contributed by atoms with Crippen LogP contribution in [0.1, 0.15) is 11.5 Å². The van der Waals surface area contributed by atoms with Gasteiger partial charge in [0.1, 0.15) is 5.82 Å². The Kier molecular flexibility index (Phi) is 2.84. The first kappa shape index (κ1) is 9.27. The topological polar surface area (TPSA) is 41.6 Å². The fourth-order valence-electron chi connectivity index (χ4n) is 1.13. The number of hydrogen-bond acceptors (Lipinski definition) is 3. The minimum Gasteiger partial charge on any atom is -0.345 e. The Balaban J connectivity index is 1.95. The summed E-state index contributed by atoms with van der Waals surface area (Å²) >= 11 is 1.75. The van der Waals surface area contributed by atoms with E-state index in [-0.39, 0.29) is 0 Å². The number of aryl methyl sites for hydroxylation is 1. The van der Waals surface area contributed by atoms with Crippen molar-refractivity contribution >= 4 is 11.8 Å². The number of thioether (sulfide) groups is 1. The van der Waals surface area contributed by atoms with Gasteiger partial charge < -0.3 is 4.98 Å². The van der Waals surface area contributed by atoms with E-state index in [9.17, 15) is 0 Å². The summed E-state index contributed by atoms with van der Waals surface area (Å²) in [5.41, 5.74) is 1.11. The van der Waals surface area contributed by atoms with Gasteiger partial charge in [-0.05, 0) is 19.1 Å². The molecule has 14 heavy (non-hydrogen) atoms. The molecular formula is C10H11N3S. The van der Waals surface area contributed by atoms with Gasteiger partial charge in [-0.1, -0.05) is 0 Å². The van der Waals surface area contributed by atoms with Gasteiger partial charge in [0.2, 0.25) is 0 Å². The molecule has 0 radical (unpaired) electrons. The van der Waals surface area contributed by atoms with Crippen LogP contribution in [0.3, 0.4) is 0 Å². The predicted molar refractivity (Wildman–Crippen MR) is 57.1 cm³/mol. The Hall–Kier alpha value is -1.29. The lowest BCUT2D eigenvalue weighted by atomic mass is 10.5. The quantitative estimate of drug-likeness (QED) is 0.782. The fraction of sp³-hybridized carbons (Fsp3) is 0.200. The molecule has 0 amide bonds. The largest absolute Gasteiger partial charge is 0.345 e. The fourth-order valence-corrected chi connectivity index (χ4v) is 1.89. The zero-order chi connectivity index (χ0) is 9.80. The normalized spacial score (nSPS) is 10.4. The average Bonchev–Trinajstić information content (AvgIpc) is 2.63. The molecule has 0 aromatic carbocycles. The standard InChI is InChI=1S/C10H11N3S/c1-8-6-12-10(13-8)7-14-9-2-4-11-5-3-9/h2-6H,7H2,1H3,(H,12,13). The number of aromatic amines is 1. The minimum absolute atomic E-state index is 0.873. The third-order valence-electron chi connectivity index (χ3n) is 1.78. The molecule has 2 aromatic rings. The summed E-state index contributed by atoms with van der Waals surface area (Å²) in [5.74, 6) is 1.89. The molecule has 2 heterocycles. The van der Waals surface area contributed by atoms with Gasteiger partial charge in [-0.15, -0.1) is 11.8 Å². The smallest absolute Gasteiger partial charge is 0.116 e. The molecule has 0 saturated carbocycles. The van der Waals surface area contributed by atoms with E-state index < -0.39 is 0 Å². The van der Waals surface area contributed by atoms with Crippen molar-refractivity contribution in [3.05, 3.63) is 42.2 Å². The molecule has 0 bridgehead atoms. The third-order valence-corrected chi connectivity index (χ3v) is 2.80. The molecule has 4 heteroatoms. The molecule has 0 aliphatic rings. The molecule has 0 aliphatic heterocycles. The Morgan fingerprint density at radius 3 is 2.79 bits per heavy atom. The van der Waals surface area contributed by atoms with Crippen LogP contribution in [-0.2, 0) is 5.75 Å². The van der Waals surface area contributed by atoms with Crippen molar-refractivity contribution in [2.24, 2.45) is 0 Å². The lowest BCUT2D eigenvalue weighted by Crippen LogP contribution is -1.83. The first-order valence-electron chi connectivity index (χ1n) is 4.38. The van der Waals surface area contributed by atoms with Gasteiger partial charge in [0, 0.05) is 29.2 Å². The molecule has 0 saturated heterocycles. The Labute approximate surface area is 87.0 Å². The van der Waals surface area contributed by atoms with Crippen LogP contribution in [-0.4, -0.2) is 15.0 Å². The molecule has 0 aliphatic carbocycles. The van der Waals surface area contributed by atoms with Crippen LogP contribution in [0.4, 0.5) is 0 Å². The van der Waals surface area contributed by atoms with Crippen LogP contribution in [0.5, 0.6) is 0 Å². The van der Waals surface area contributed by atoms with Crippen molar-refractivity contribution in [2.45, 2.75) is 17.6 Å². The second-order valence-electron chi connectivity index (χ2n) is 2.98. The highest BCUT2D eigenvalue weighted by molar-refractivity contribution is 7.98. The Bertz CT molecular complexity index is 397. The van der Waals surface area contributed by atoms with E-state index >= 15 is 0 Å². The lowest BCUT2D eigenvalue weighted by Gasteiger charge is -1.97. The van der Waals surface area contributed by atoms with Gasteiger partial charge in [-0.25, -0.2) is 4.98 Å². The molecule has 0 unspecified atom stereocenters. The SMILES string of the molecule is Cc1cnc(CSc2ccncc2)[nH]1. The molecular weight excluding hydrogens is 194 g/mol. The van der Waals surface area contributed by atoms with Gasteiger partial charge in [-0.2, -0.15) is 0 Å². The number of nitrogens with zero attached hydrogens (tertiary/aromatic N) is 2. The van der Waals surface area contributed by atoms with Crippen LogP contribution < -0.4 is 0 Å². The van der Waals surface area contributed by atoms with Crippen molar-refractivity contribution in [1.82, 2.24) is 15.0 Å². The number of aromatic nitrogens is 3. The van der Waals surface area contributed by atoms with Crippen LogP contribution in [0.25, 0.3) is 0 Å². The summed E-state index contributed by atoms with van der Waals surface area (Å²) in [7, 11) is 0. The molecule has 72 valence electrons. The number of pyridine rings is 1. The highest BCUT2D eigenvalue weighted by Gasteiger charge is 1.98. The van der Waals surface area contributed by atoms with Gasteiger partial charge in [0.15, 0.2) is 0 Å². The van der Waals surface area contributed by atoms with Gasteiger partial charge in [0.25, 0.3) is 0 Å². The number of nitrogens with one attached hydrogen (secondary N) is 1. The van der Waals surface area contributed by atoms with Gasteiger partial charge in [0.05, 0.1) is 5.75 Å². The third kappa shape index (κ3) is 2.35. The molecule has 1 N–H and O–H groups in total. The highest BCUT2D eigenvalue weighted by Crippen LogP contribution is 2.19. The number of hydrogen-bond donors (Lipinski definition) is 1. The van der Waals surface area contributed by atoms with Crippen molar-refractivity contribution in [3.8, 4) is 0 Å². The molecule has 0 fully saturated rings. The second kappa shape index (κ2) is 4.28.